The highest BCUT2D eigenvalue weighted by Crippen LogP contribution is 2.57. The van der Waals surface area contributed by atoms with E-state index in [0.29, 0.717) is 106 Å². The fourth-order valence-corrected chi connectivity index (χ4v) is 16.7. The third-order valence-electron chi connectivity index (χ3n) is 20.1. The van der Waals surface area contributed by atoms with Crippen LogP contribution in [0.2, 0.25) is 0 Å². The van der Waals surface area contributed by atoms with Gasteiger partial charge in [-0.05, 0) is 191 Å². The van der Waals surface area contributed by atoms with Gasteiger partial charge in [0.25, 0.3) is 47.3 Å². The van der Waals surface area contributed by atoms with Crippen molar-refractivity contribution < 1.29 is 73.1 Å². The van der Waals surface area contributed by atoms with Gasteiger partial charge >= 0.3 is 12.4 Å². The summed E-state index contributed by atoms with van der Waals surface area (Å²) >= 11 is 0. The van der Waals surface area contributed by atoms with Gasteiger partial charge in [-0.25, -0.2) is 8.42 Å². The number of carbonyl (C=O) groups excluding carboxylic acids is 8. The van der Waals surface area contributed by atoms with Crippen LogP contribution in [0.3, 0.4) is 0 Å². The monoisotopic (exact) mass is 1180 g/mol. The van der Waals surface area contributed by atoms with Crippen molar-refractivity contribution in [1.82, 2.24) is 19.6 Å². The second kappa shape index (κ2) is 20.9. The predicted octanol–water partition coefficient (Wildman–Crippen LogP) is 11.9. The van der Waals surface area contributed by atoms with E-state index in [0.717, 1.165) is 77.5 Å². The van der Waals surface area contributed by atoms with Gasteiger partial charge in [0, 0.05) is 25.2 Å². The van der Waals surface area contributed by atoms with E-state index in [1.807, 2.05) is 0 Å². The van der Waals surface area contributed by atoms with Crippen molar-refractivity contribution in [3.8, 4) is 0 Å². The minimum atomic E-state index is -6.09. The molecule has 0 bridgehead atoms. The molecule has 0 saturated heterocycles. The number of carbonyl (C=O) groups is 8. The van der Waals surface area contributed by atoms with Gasteiger partial charge in [-0.15, -0.1) is 0 Å². The normalized spacial score (nSPS) is 26.8. The summed E-state index contributed by atoms with van der Waals surface area (Å²) in [7, 11) is -3.00. The largest absolute Gasteiger partial charge is 0.411 e. The van der Waals surface area contributed by atoms with Crippen LogP contribution in [0, 0.1) is 29.6 Å². The Morgan fingerprint density at radius 2 is 0.655 bits per heavy atom. The summed E-state index contributed by atoms with van der Waals surface area (Å²) in [4.78, 5) is 112. The summed E-state index contributed by atoms with van der Waals surface area (Å²) < 4.78 is 121. The average Bonchev–Trinajstić information content (AvgIpc) is 1.11. The molecule has 442 valence electrons. The molecule has 4 fully saturated rings. The third kappa shape index (κ3) is 9.22. The molecule has 0 unspecified atom stereocenters. The van der Waals surface area contributed by atoms with Crippen LogP contribution in [-0.4, -0.2) is 113 Å². The molecule has 21 heteroatoms. The van der Waals surface area contributed by atoms with E-state index in [-0.39, 0.29) is 55.0 Å². The number of amides is 8. The second-order valence-corrected chi connectivity index (χ2v) is 26.9. The molecule has 12 rings (SSSR count). The highest BCUT2D eigenvalue weighted by molar-refractivity contribution is 7.91. The molecule has 0 aromatic heterocycles. The van der Waals surface area contributed by atoms with Crippen LogP contribution in [0.5, 0.6) is 0 Å². The Morgan fingerprint density at radius 1 is 0.381 bits per heavy atom. The molecule has 0 spiro atoms. The highest BCUT2D eigenvalue weighted by Gasteiger charge is 2.73. The van der Waals surface area contributed by atoms with Crippen molar-refractivity contribution in [3.05, 3.63) is 128 Å². The van der Waals surface area contributed by atoms with Crippen molar-refractivity contribution in [2.75, 3.05) is 7.05 Å². The molecule has 8 aliphatic rings. The number of halogens is 6. The Kier molecular flexibility index (Phi) is 14.3. The van der Waals surface area contributed by atoms with E-state index < -0.39 is 115 Å². The second-order valence-electron chi connectivity index (χ2n) is 24.9. The highest BCUT2D eigenvalue weighted by atomic mass is 32.2. The van der Waals surface area contributed by atoms with Crippen LogP contribution in [-0.2, 0) is 15.3 Å². The van der Waals surface area contributed by atoms with Gasteiger partial charge in [0.15, 0.2) is 0 Å². The number of hydrogen-bond donors (Lipinski definition) is 0. The fraction of sp³-hybridized carbons (Fsp3) is 0.492. The summed E-state index contributed by atoms with van der Waals surface area (Å²) in [6.07, 6.45) is 0.830. The first-order valence-electron chi connectivity index (χ1n) is 29.2. The van der Waals surface area contributed by atoms with Crippen molar-refractivity contribution in [3.63, 3.8) is 0 Å². The average molecular weight is 1180 g/mol. The molecule has 8 amide bonds. The van der Waals surface area contributed by atoms with E-state index in [2.05, 4.69) is 6.92 Å². The third-order valence-corrected chi connectivity index (χ3v) is 21.9. The lowest BCUT2D eigenvalue weighted by atomic mass is 9.71. The molecule has 84 heavy (non-hydrogen) atoms. The van der Waals surface area contributed by atoms with Crippen molar-refractivity contribution >= 4 is 57.1 Å². The van der Waals surface area contributed by atoms with Gasteiger partial charge in [0.2, 0.25) is 15.3 Å². The smallest absolute Gasteiger partial charge is 0.277 e. The maximum atomic E-state index is 15.7. The minimum absolute atomic E-state index is 0.0595. The number of imide groups is 4. The first-order valence-corrected chi connectivity index (χ1v) is 30.7. The number of nitrogens with zero attached hydrogens (tertiary/aromatic N) is 4. The quantitative estimate of drug-likeness (QED) is 0.103. The molecule has 0 atom stereocenters. The van der Waals surface area contributed by atoms with Gasteiger partial charge in [0.1, 0.15) is 0 Å². The maximum Gasteiger partial charge on any atom is 0.411 e. The molecule has 0 N–H and O–H groups in total. The lowest BCUT2D eigenvalue weighted by Crippen LogP contribution is -2.55. The van der Waals surface area contributed by atoms with Crippen molar-refractivity contribution in [1.29, 1.82) is 0 Å². The number of benzene rings is 4. The number of sulfone groups is 1. The van der Waals surface area contributed by atoms with Crippen molar-refractivity contribution in [2.45, 2.75) is 168 Å². The Balaban J connectivity index is 0.679. The Bertz CT molecular complexity index is 3590. The molecule has 4 saturated carbocycles. The van der Waals surface area contributed by atoms with Gasteiger partial charge in [-0.3, -0.25) is 58.0 Å². The molecule has 4 aromatic rings. The summed E-state index contributed by atoms with van der Waals surface area (Å²) in [5.74, 6) is -3.89. The summed E-state index contributed by atoms with van der Waals surface area (Å²) in [5.41, 5.74) is -9.29. The van der Waals surface area contributed by atoms with E-state index in [4.69, 9.17) is 0 Å². The predicted molar refractivity (Wildman–Crippen MR) is 290 cm³/mol. The summed E-state index contributed by atoms with van der Waals surface area (Å²) in [6.45, 7) is 2.25. The van der Waals surface area contributed by atoms with Crippen LogP contribution in [0.25, 0.3) is 0 Å². The SMILES string of the molecule is CC1CCC(CC2CCC(N3C(=O)c4ccc(C(c5ccc6c(c5)C(=O)N(C5CCC(CC7CCC(N8C(=O)c9ccc(S(=O)(=O)c%10ccc%11c(c%10)C(=O)N(C)C%11=O)cc9C8=O)CC7)CC5)C6=O)(C(F)(F)F)C(F)(F)F)cc4C3=O)CC2)CC1. The Labute approximate surface area is 481 Å². The van der Waals surface area contributed by atoms with Gasteiger partial charge in [0.05, 0.1) is 54.3 Å². The van der Waals surface area contributed by atoms with Gasteiger partial charge < -0.3 is 0 Å². The lowest BCUT2D eigenvalue weighted by Gasteiger charge is -2.38. The first kappa shape index (κ1) is 57.4. The topological polar surface area (TPSA) is 184 Å². The minimum Gasteiger partial charge on any atom is -0.277 e. The van der Waals surface area contributed by atoms with Crippen LogP contribution in [0.1, 0.15) is 216 Å². The molecular weight excluding hydrogens is 1120 g/mol. The zero-order valence-corrected chi connectivity index (χ0v) is 47.1. The molecular formula is C63H62F6N4O10S. The Morgan fingerprint density at radius 3 is 1.00 bits per heavy atom. The van der Waals surface area contributed by atoms with E-state index in [1.165, 1.54) is 49.1 Å². The van der Waals surface area contributed by atoms with Crippen LogP contribution in [0.4, 0.5) is 26.3 Å². The van der Waals surface area contributed by atoms with Crippen LogP contribution >= 0.6 is 0 Å². The number of rotatable bonds is 11. The molecule has 14 nitrogen and oxygen atoms in total. The number of alkyl halides is 6. The van der Waals surface area contributed by atoms with Gasteiger partial charge in [-0.2, -0.15) is 26.3 Å². The summed E-state index contributed by atoms with van der Waals surface area (Å²) in [6, 6.07) is 9.40. The van der Waals surface area contributed by atoms with Crippen LogP contribution < -0.4 is 0 Å². The molecule has 0 radical (unpaired) electrons. The first-order chi connectivity index (χ1) is 39.8. The standard InChI is InChI=1S/C63H62F6N4O10S/c1-33-3-5-34(6-4-33)27-35-7-15-40(16-8-35)71-55(76)46-23-13-38(29-49(46)58(71)79)61(62(64,65)66,63(67,68)69)39-14-24-47-50(30-39)59(80)72(56(47)77)41-17-9-36(10-18-41)28-37-11-19-42(20-12-37)73-57(78)48-26-22-44(32-52(48)60(73)81)84(82,83)43-21-25-45-51(31-43)54(75)70(2)53(45)74/h13-14,21-26,29-37,40-42H,3-12,15-20,27-28H2,1-2H3. The molecule has 4 heterocycles. The van der Waals surface area contributed by atoms with Gasteiger partial charge in [-0.1, -0.05) is 44.7 Å². The number of hydrogen-bond acceptors (Lipinski definition) is 10. The Hall–Kier alpha value is -7.03. The zero-order valence-electron chi connectivity index (χ0n) is 46.3. The van der Waals surface area contributed by atoms with E-state index in [9.17, 15) is 46.8 Å². The van der Waals surface area contributed by atoms with Crippen LogP contribution in [0.15, 0.2) is 82.6 Å². The van der Waals surface area contributed by atoms with E-state index in [1.54, 1.807) is 0 Å². The zero-order chi connectivity index (χ0) is 59.7. The summed E-state index contributed by atoms with van der Waals surface area (Å²) in [5, 5.41) is 0. The molecule has 4 aromatic carbocycles. The fourth-order valence-electron chi connectivity index (χ4n) is 15.4. The van der Waals surface area contributed by atoms with E-state index >= 15 is 26.3 Å². The molecule has 4 aliphatic heterocycles. The molecule has 4 aliphatic carbocycles. The number of fused-ring (bicyclic) bond motifs is 4. The van der Waals surface area contributed by atoms with Crippen molar-refractivity contribution in [2.24, 2.45) is 29.6 Å². The lowest BCUT2D eigenvalue weighted by molar-refractivity contribution is -0.288. The maximum absolute atomic E-state index is 15.7.